The van der Waals surface area contributed by atoms with Gasteiger partial charge in [0.15, 0.2) is 0 Å². The summed E-state index contributed by atoms with van der Waals surface area (Å²) < 4.78 is 0. The first kappa shape index (κ1) is 16.2. The molecule has 0 aromatic carbocycles. The third-order valence-electron chi connectivity index (χ3n) is 3.10. The number of hydrogen-bond acceptors (Lipinski definition) is 5. The van der Waals surface area contributed by atoms with Gasteiger partial charge in [0.2, 0.25) is 5.91 Å². The molecule has 6 nitrogen and oxygen atoms in total. The first-order valence-corrected chi connectivity index (χ1v) is 7.19. The van der Waals surface area contributed by atoms with Crippen LogP contribution in [0.2, 0.25) is 0 Å². The Morgan fingerprint density at radius 1 is 1.20 bits per heavy atom. The zero-order valence-electron chi connectivity index (χ0n) is 12.9. The van der Waals surface area contributed by atoms with Gasteiger partial charge in [-0.1, -0.05) is 13.3 Å². The van der Waals surface area contributed by atoms with E-state index in [2.05, 4.69) is 27.5 Å². The fourth-order valence-corrected chi connectivity index (χ4v) is 1.84. The number of carbonyl (C=O) groups excluding carboxylic acids is 1. The normalized spacial score (nSPS) is 10.2. The summed E-state index contributed by atoms with van der Waals surface area (Å²) in [6.45, 7) is 7.87. The van der Waals surface area contributed by atoms with Gasteiger partial charge in [-0.25, -0.2) is 9.97 Å². The van der Waals surface area contributed by atoms with Crippen LogP contribution in [-0.4, -0.2) is 47.5 Å². The molecular weight excluding hydrogens is 254 g/mol. The van der Waals surface area contributed by atoms with E-state index >= 15 is 0 Å². The summed E-state index contributed by atoms with van der Waals surface area (Å²) in [6.07, 6.45) is 3.40. The predicted octanol–water partition coefficient (Wildman–Crippen LogP) is 1.75. The maximum absolute atomic E-state index is 11.8. The fourth-order valence-electron chi connectivity index (χ4n) is 1.84. The van der Waals surface area contributed by atoms with Gasteiger partial charge in [0.05, 0.1) is 6.54 Å². The van der Waals surface area contributed by atoms with Gasteiger partial charge in [0.25, 0.3) is 0 Å². The Hall–Kier alpha value is -1.85. The molecule has 0 fully saturated rings. The molecule has 1 heterocycles. The van der Waals surface area contributed by atoms with E-state index in [1.165, 1.54) is 6.33 Å². The molecule has 112 valence electrons. The zero-order chi connectivity index (χ0) is 15.0. The van der Waals surface area contributed by atoms with Crippen molar-refractivity contribution >= 4 is 17.5 Å². The largest absolute Gasteiger partial charge is 0.370 e. The second kappa shape index (κ2) is 8.35. The van der Waals surface area contributed by atoms with E-state index in [1.807, 2.05) is 13.8 Å². The van der Waals surface area contributed by atoms with E-state index in [9.17, 15) is 4.79 Å². The van der Waals surface area contributed by atoms with Crippen LogP contribution >= 0.6 is 0 Å². The number of rotatable bonds is 8. The van der Waals surface area contributed by atoms with E-state index < -0.39 is 0 Å². The summed E-state index contributed by atoms with van der Waals surface area (Å²) in [5.74, 6) is 1.65. The standard InChI is InChI=1S/C14H25N5O/c1-5-8-11-13(15-6-2)17-10-18-14(11)16-9-12(20)19(4)7-3/h10H,5-9H2,1-4H3,(H2,15,16,17,18). The van der Waals surface area contributed by atoms with Crippen LogP contribution in [0.25, 0.3) is 0 Å². The maximum atomic E-state index is 11.8. The number of likely N-dealkylation sites (N-methyl/N-ethyl adjacent to an activating group) is 1. The topological polar surface area (TPSA) is 70.1 Å². The summed E-state index contributed by atoms with van der Waals surface area (Å²) in [6, 6.07) is 0. The van der Waals surface area contributed by atoms with Crippen LogP contribution in [0.4, 0.5) is 11.6 Å². The van der Waals surface area contributed by atoms with Crippen LogP contribution in [-0.2, 0) is 11.2 Å². The smallest absolute Gasteiger partial charge is 0.241 e. The lowest BCUT2D eigenvalue weighted by Gasteiger charge is -2.17. The number of nitrogens with zero attached hydrogens (tertiary/aromatic N) is 3. The molecule has 0 aliphatic heterocycles. The molecule has 0 radical (unpaired) electrons. The van der Waals surface area contributed by atoms with Gasteiger partial charge in [-0.15, -0.1) is 0 Å². The lowest BCUT2D eigenvalue weighted by molar-refractivity contribution is -0.127. The van der Waals surface area contributed by atoms with Crippen molar-refractivity contribution in [2.45, 2.75) is 33.6 Å². The van der Waals surface area contributed by atoms with Crippen molar-refractivity contribution < 1.29 is 4.79 Å². The molecule has 0 aliphatic rings. The third-order valence-corrected chi connectivity index (χ3v) is 3.10. The highest BCUT2D eigenvalue weighted by molar-refractivity contribution is 5.80. The van der Waals surface area contributed by atoms with Gasteiger partial charge in [-0.3, -0.25) is 4.79 Å². The van der Waals surface area contributed by atoms with Crippen LogP contribution in [0.1, 0.15) is 32.8 Å². The molecule has 0 atom stereocenters. The van der Waals surface area contributed by atoms with E-state index in [-0.39, 0.29) is 12.5 Å². The van der Waals surface area contributed by atoms with E-state index in [4.69, 9.17) is 0 Å². The zero-order valence-corrected chi connectivity index (χ0v) is 12.9. The highest BCUT2D eigenvalue weighted by Gasteiger charge is 2.12. The summed E-state index contributed by atoms with van der Waals surface area (Å²) >= 11 is 0. The molecular formula is C14H25N5O. The number of anilines is 2. The van der Waals surface area contributed by atoms with Crippen molar-refractivity contribution in [1.29, 1.82) is 0 Å². The van der Waals surface area contributed by atoms with E-state index in [1.54, 1.807) is 11.9 Å². The quantitative estimate of drug-likeness (QED) is 0.758. The average Bonchev–Trinajstić information content (AvgIpc) is 2.46. The molecule has 2 N–H and O–H groups in total. The molecule has 6 heteroatoms. The Kier molecular flexibility index (Phi) is 6.76. The lowest BCUT2D eigenvalue weighted by atomic mass is 10.1. The molecule has 1 aromatic heterocycles. The number of nitrogens with one attached hydrogen (secondary N) is 2. The van der Waals surface area contributed by atoms with Gasteiger partial charge in [0.1, 0.15) is 18.0 Å². The molecule has 0 aliphatic carbocycles. The molecule has 1 amide bonds. The maximum Gasteiger partial charge on any atom is 0.241 e. The van der Waals surface area contributed by atoms with Gasteiger partial charge >= 0.3 is 0 Å². The SMILES string of the molecule is CCCc1c(NCC)ncnc1NCC(=O)N(C)CC. The number of hydrogen-bond donors (Lipinski definition) is 2. The van der Waals surface area contributed by atoms with Crippen LogP contribution in [0.3, 0.4) is 0 Å². The molecule has 0 saturated carbocycles. The summed E-state index contributed by atoms with van der Waals surface area (Å²) in [5.41, 5.74) is 1.05. The number of aromatic nitrogens is 2. The first-order valence-electron chi connectivity index (χ1n) is 7.19. The molecule has 1 aromatic rings. The highest BCUT2D eigenvalue weighted by Crippen LogP contribution is 2.21. The van der Waals surface area contributed by atoms with Crippen molar-refractivity contribution in [3.8, 4) is 0 Å². The summed E-state index contributed by atoms with van der Waals surface area (Å²) in [7, 11) is 1.79. The minimum atomic E-state index is 0.0542. The first-order chi connectivity index (χ1) is 9.63. The van der Waals surface area contributed by atoms with E-state index in [0.29, 0.717) is 6.54 Å². The van der Waals surface area contributed by atoms with Gasteiger partial charge in [0, 0.05) is 25.7 Å². The van der Waals surface area contributed by atoms with Gasteiger partial charge in [-0.2, -0.15) is 0 Å². The van der Waals surface area contributed by atoms with Crippen LogP contribution < -0.4 is 10.6 Å². The Morgan fingerprint density at radius 2 is 1.85 bits per heavy atom. The second-order valence-corrected chi connectivity index (χ2v) is 4.59. The van der Waals surface area contributed by atoms with E-state index in [0.717, 1.165) is 36.6 Å². The van der Waals surface area contributed by atoms with Crippen LogP contribution in [0, 0.1) is 0 Å². The van der Waals surface area contributed by atoms with Crippen molar-refractivity contribution in [3.63, 3.8) is 0 Å². The van der Waals surface area contributed by atoms with Crippen molar-refractivity contribution in [1.82, 2.24) is 14.9 Å². The summed E-state index contributed by atoms with van der Waals surface area (Å²) in [4.78, 5) is 22.0. The van der Waals surface area contributed by atoms with Crippen LogP contribution in [0.5, 0.6) is 0 Å². The fraction of sp³-hybridized carbons (Fsp3) is 0.643. The van der Waals surface area contributed by atoms with Crippen molar-refractivity contribution in [2.24, 2.45) is 0 Å². The monoisotopic (exact) mass is 279 g/mol. The molecule has 1 rings (SSSR count). The molecule has 0 bridgehead atoms. The Balaban J connectivity index is 2.82. The average molecular weight is 279 g/mol. The minimum absolute atomic E-state index is 0.0542. The number of carbonyl (C=O) groups is 1. The summed E-state index contributed by atoms with van der Waals surface area (Å²) in [5, 5.41) is 6.37. The molecule has 0 spiro atoms. The minimum Gasteiger partial charge on any atom is -0.370 e. The second-order valence-electron chi connectivity index (χ2n) is 4.59. The number of amides is 1. The Bertz CT molecular complexity index is 436. The Morgan fingerprint density at radius 3 is 2.40 bits per heavy atom. The molecule has 20 heavy (non-hydrogen) atoms. The van der Waals surface area contributed by atoms with Gasteiger partial charge in [-0.05, 0) is 20.3 Å². The van der Waals surface area contributed by atoms with Crippen molar-refractivity contribution in [2.75, 3.05) is 37.3 Å². The van der Waals surface area contributed by atoms with Gasteiger partial charge < -0.3 is 15.5 Å². The van der Waals surface area contributed by atoms with Crippen LogP contribution in [0.15, 0.2) is 6.33 Å². The Labute approximate surface area is 121 Å². The highest BCUT2D eigenvalue weighted by atomic mass is 16.2. The lowest BCUT2D eigenvalue weighted by Crippen LogP contribution is -2.32. The predicted molar refractivity (Wildman–Crippen MR) is 82.0 cm³/mol. The molecule has 0 saturated heterocycles. The van der Waals surface area contributed by atoms with Crippen molar-refractivity contribution in [3.05, 3.63) is 11.9 Å². The third kappa shape index (κ3) is 4.36. The molecule has 0 unspecified atom stereocenters.